The van der Waals surface area contributed by atoms with Gasteiger partial charge in [0.15, 0.2) is 11.5 Å². The highest BCUT2D eigenvalue weighted by molar-refractivity contribution is 6.29. The van der Waals surface area contributed by atoms with Gasteiger partial charge in [0.1, 0.15) is 11.0 Å². The molecule has 1 aromatic heterocycles. The summed E-state index contributed by atoms with van der Waals surface area (Å²) in [5.41, 5.74) is 1.11. The summed E-state index contributed by atoms with van der Waals surface area (Å²) in [4.78, 5) is 4.23. The van der Waals surface area contributed by atoms with Crippen molar-refractivity contribution in [2.45, 2.75) is 13.1 Å². The van der Waals surface area contributed by atoms with Crippen molar-refractivity contribution in [3.63, 3.8) is 0 Å². The molecule has 0 amide bonds. The van der Waals surface area contributed by atoms with Crippen molar-refractivity contribution in [3.05, 3.63) is 40.9 Å². The van der Waals surface area contributed by atoms with E-state index in [9.17, 15) is 0 Å². The summed E-state index contributed by atoms with van der Waals surface area (Å²) in [6.45, 7) is 1.36. The lowest BCUT2D eigenvalue weighted by Crippen LogP contribution is -2.15. The third kappa shape index (κ3) is 3.23. The van der Waals surface area contributed by atoms with Crippen LogP contribution in [0.2, 0.25) is 5.15 Å². The SMILES string of the molecule is COc1ccc(CNCc2ncc(Cl)n2C)cc1OC. The number of nitrogens with zero attached hydrogens (tertiary/aromatic N) is 2. The van der Waals surface area contributed by atoms with E-state index in [1.54, 1.807) is 20.4 Å². The molecule has 0 unspecified atom stereocenters. The van der Waals surface area contributed by atoms with E-state index < -0.39 is 0 Å². The van der Waals surface area contributed by atoms with Crippen molar-refractivity contribution in [1.82, 2.24) is 14.9 Å². The molecule has 1 N–H and O–H groups in total. The standard InChI is InChI=1S/C14H18ClN3O2/c1-18-13(15)8-17-14(18)9-16-7-10-4-5-11(19-2)12(6-10)20-3/h4-6,8,16H,7,9H2,1-3H3. The van der Waals surface area contributed by atoms with Crippen LogP contribution in [0, 0.1) is 0 Å². The summed E-state index contributed by atoms with van der Waals surface area (Å²) in [6, 6.07) is 5.85. The molecule has 0 atom stereocenters. The highest BCUT2D eigenvalue weighted by Gasteiger charge is 2.06. The lowest BCUT2D eigenvalue weighted by atomic mass is 10.2. The maximum atomic E-state index is 5.94. The minimum atomic E-state index is 0.632. The van der Waals surface area contributed by atoms with E-state index in [4.69, 9.17) is 21.1 Å². The number of halogens is 1. The fraction of sp³-hybridized carbons (Fsp3) is 0.357. The van der Waals surface area contributed by atoms with Crippen molar-refractivity contribution in [2.24, 2.45) is 7.05 Å². The van der Waals surface area contributed by atoms with Crippen molar-refractivity contribution in [1.29, 1.82) is 0 Å². The Bertz CT molecular complexity index is 584. The molecule has 0 spiro atoms. The highest BCUT2D eigenvalue weighted by Crippen LogP contribution is 2.27. The first-order valence-corrected chi connectivity index (χ1v) is 6.61. The molecule has 0 fully saturated rings. The quantitative estimate of drug-likeness (QED) is 0.889. The highest BCUT2D eigenvalue weighted by atomic mass is 35.5. The molecule has 0 bridgehead atoms. The van der Waals surface area contributed by atoms with E-state index in [-0.39, 0.29) is 0 Å². The number of hydrogen-bond donors (Lipinski definition) is 1. The minimum absolute atomic E-state index is 0.632. The van der Waals surface area contributed by atoms with E-state index in [1.807, 2.05) is 29.8 Å². The molecule has 0 saturated carbocycles. The van der Waals surface area contributed by atoms with Crippen LogP contribution in [0.15, 0.2) is 24.4 Å². The number of hydrogen-bond acceptors (Lipinski definition) is 4. The summed E-state index contributed by atoms with van der Waals surface area (Å²) in [5.74, 6) is 2.36. The first-order chi connectivity index (χ1) is 9.65. The molecule has 5 nitrogen and oxygen atoms in total. The summed E-state index contributed by atoms with van der Waals surface area (Å²) in [7, 11) is 5.15. The second-order valence-electron chi connectivity index (χ2n) is 4.35. The van der Waals surface area contributed by atoms with Gasteiger partial charge in [0, 0.05) is 13.6 Å². The lowest BCUT2D eigenvalue weighted by molar-refractivity contribution is 0.354. The zero-order chi connectivity index (χ0) is 14.5. The normalized spacial score (nSPS) is 10.6. The lowest BCUT2D eigenvalue weighted by Gasteiger charge is -2.10. The molecule has 2 rings (SSSR count). The fourth-order valence-corrected chi connectivity index (χ4v) is 2.04. The maximum Gasteiger partial charge on any atom is 0.161 e. The number of nitrogens with one attached hydrogen (secondary N) is 1. The summed E-state index contributed by atoms with van der Waals surface area (Å²) in [6.07, 6.45) is 1.65. The average Bonchev–Trinajstić information content (AvgIpc) is 2.79. The van der Waals surface area contributed by atoms with Crippen LogP contribution in [0.3, 0.4) is 0 Å². The van der Waals surface area contributed by atoms with Crippen molar-refractivity contribution in [2.75, 3.05) is 14.2 Å². The molecule has 1 aromatic carbocycles. The second kappa shape index (κ2) is 6.63. The molecule has 0 aliphatic carbocycles. The smallest absolute Gasteiger partial charge is 0.161 e. The Hall–Kier alpha value is -1.72. The molecule has 0 saturated heterocycles. The van der Waals surface area contributed by atoms with E-state index in [2.05, 4.69) is 10.3 Å². The summed E-state index contributed by atoms with van der Waals surface area (Å²) in [5, 5.41) is 3.95. The number of methoxy groups -OCH3 is 2. The first-order valence-electron chi connectivity index (χ1n) is 6.23. The number of benzene rings is 1. The molecule has 6 heteroatoms. The van der Waals surface area contributed by atoms with Gasteiger partial charge in [0.25, 0.3) is 0 Å². The van der Waals surface area contributed by atoms with Gasteiger partial charge in [-0.1, -0.05) is 17.7 Å². The molecule has 1 heterocycles. The van der Waals surface area contributed by atoms with Crippen LogP contribution in [0.25, 0.3) is 0 Å². The Morgan fingerprint density at radius 1 is 1.20 bits per heavy atom. The summed E-state index contributed by atoms with van der Waals surface area (Å²) >= 11 is 5.94. The largest absolute Gasteiger partial charge is 0.493 e. The fourth-order valence-electron chi connectivity index (χ4n) is 1.90. The molecular formula is C14H18ClN3O2. The Morgan fingerprint density at radius 3 is 2.55 bits per heavy atom. The average molecular weight is 296 g/mol. The third-order valence-electron chi connectivity index (χ3n) is 3.09. The number of imidazole rings is 1. The molecule has 108 valence electrons. The minimum Gasteiger partial charge on any atom is -0.493 e. The molecule has 0 radical (unpaired) electrons. The van der Waals surface area contributed by atoms with Gasteiger partial charge in [0.05, 0.1) is 27.0 Å². The Labute approximate surface area is 123 Å². The van der Waals surface area contributed by atoms with Gasteiger partial charge >= 0.3 is 0 Å². The van der Waals surface area contributed by atoms with Gasteiger partial charge in [-0.3, -0.25) is 0 Å². The number of rotatable bonds is 6. The molecule has 0 aliphatic rings. The molecule has 0 aliphatic heterocycles. The van der Waals surface area contributed by atoms with Gasteiger partial charge in [-0.25, -0.2) is 4.98 Å². The Balaban J connectivity index is 1.96. The predicted molar refractivity (Wildman–Crippen MR) is 78.3 cm³/mol. The number of ether oxygens (including phenoxy) is 2. The topological polar surface area (TPSA) is 48.3 Å². The van der Waals surface area contributed by atoms with Crippen LogP contribution in [-0.2, 0) is 20.1 Å². The van der Waals surface area contributed by atoms with Crippen molar-refractivity contribution >= 4 is 11.6 Å². The zero-order valence-electron chi connectivity index (χ0n) is 11.8. The molecule has 2 aromatic rings. The van der Waals surface area contributed by atoms with Crippen LogP contribution in [0.1, 0.15) is 11.4 Å². The first kappa shape index (κ1) is 14.7. The van der Waals surface area contributed by atoms with Gasteiger partial charge in [0.2, 0.25) is 0 Å². The van der Waals surface area contributed by atoms with E-state index in [1.165, 1.54) is 0 Å². The Kier molecular flexibility index (Phi) is 4.87. The van der Waals surface area contributed by atoms with Crippen LogP contribution in [0.4, 0.5) is 0 Å². The van der Waals surface area contributed by atoms with Crippen molar-refractivity contribution in [3.8, 4) is 11.5 Å². The monoisotopic (exact) mass is 295 g/mol. The second-order valence-corrected chi connectivity index (χ2v) is 4.74. The van der Waals surface area contributed by atoms with E-state index in [0.717, 1.165) is 22.9 Å². The van der Waals surface area contributed by atoms with Gasteiger partial charge in [-0.2, -0.15) is 0 Å². The predicted octanol–water partition coefficient (Wildman–Crippen LogP) is 2.38. The maximum absolute atomic E-state index is 5.94. The van der Waals surface area contributed by atoms with E-state index >= 15 is 0 Å². The van der Waals surface area contributed by atoms with Crippen LogP contribution in [-0.4, -0.2) is 23.8 Å². The van der Waals surface area contributed by atoms with Crippen molar-refractivity contribution < 1.29 is 9.47 Å². The third-order valence-corrected chi connectivity index (χ3v) is 3.44. The number of aromatic nitrogens is 2. The van der Waals surface area contributed by atoms with Crippen LogP contribution < -0.4 is 14.8 Å². The molecule has 20 heavy (non-hydrogen) atoms. The molecular weight excluding hydrogens is 278 g/mol. The van der Waals surface area contributed by atoms with E-state index in [0.29, 0.717) is 18.2 Å². The zero-order valence-corrected chi connectivity index (χ0v) is 12.6. The summed E-state index contributed by atoms with van der Waals surface area (Å²) < 4.78 is 12.3. The van der Waals surface area contributed by atoms with Crippen LogP contribution in [0.5, 0.6) is 11.5 Å². The van der Waals surface area contributed by atoms with Gasteiger partial charge in [-0.05, 0) is 17.7 Å². The van der Waals surface area contributed by atoms with Gasteiger partial charge < -0.3 is 19.4 Å². The van der Waals surface area contributed by atoms with Crippen LogP contribution >= 0.6 is 11.6 Å². The van der Waals surface area contributed by atoms with Gasteiger partial charge in [-0.15, -0.1) is 0 Å². The Morgan fingerprint density at radius 2 is 1.95 bits per heavy atom.